The summed E-state index contributed by atoms with van der Waals surface area (Å²) in [4.78, 5) is 15.6. The molecule has 0 fully saturated rings. The van der Waals surface area contributed by atoms with E-state index in [1.54, 1.807) is 18.7 Å². The molecule has 0 spiro atoms. The third kappa shape index (κ3) is 2.31. The van der Waals surface area contributed by atoms with Crippen LogP contribution in [0.5, 0.6) is 0 Å². The lowest BCUT2D eigenvalue weighted by Gasteiger charge is -2.06. The zero-order chi connectivity index (χ0) is 10.7. The fraction of sp³-hybridized carbons (Fsp3) is 0.300. The van der Waals surface area contributed by atoms with Crippen molar-refractivity contribution < 1.29 is 0 Å². The Kier molecular flexibility index (Phi) is 2.62. The molecule has 0 saturated heterocycles. The molecule has 2 N–H and O–H groups in total. The average molecular weight is 203 g/mol. The Bertz CT molecular complexity index is 435. The monoisotopic (exact) mass is 203 g/mol. The summed E-state index contributed by atoms with van der Waals surface area (Å²) in [5, 5.41) is 3.21. The molecule has 0 atom stereocenters. The Balaban J connectivity index is 2.07. The van der Waals surface area contributed by atoms with Crippen molar-refractivity contribution in [1.82, 2.24) is 19.9 Å². The molecule has 5 heteroatoms. The minimum atomic E-state index is 0.680. The Labute approximate surface area is 88.0 Å². The molecule has 0 unspecified atom stereocenters. The first kappa shape index (κ1) is 9.64. The van der Waals surface area contributed by atoms with Gasteiger partial charge in [0, 0.05) is 12.4 Å². The van der Waals surface area contributed by atoms with E-state index in [1.165, 1.54) is 0 Å². The van der Waals surface area contributed by atoms with Crippen LogP contribution < -0.4 is 5.32 Å². The standard InChI is InChI=1S/C10H13N5/c1-7-3-12-8(2)10(15-7)13-5-9-4-11-6-14-9/h3-4,6H,5H2,1-2H3,(H,11,14)(H,13,15). The summed E-state index contributed by atoms with van der Waals surface area (Å²) in [6, 6.07) is 0. The van der Waals surface area contributed by atoms with Crippen molar-refractivity contribution in [2.24, 2.45) is 0 Å². The molecule has 0 amide bonds. The molecule has 0 saturated carbocycles. The van der Waals surface area contributed by atoms with Gasteiger partial charge in [-0.3, -0.25) is 4.98 Å². The van der Waals surface area contributed by atoms with Gasteiger partial charge < -0.3 is 10.3 Å². The first-order valence-corrected chi connectivity index (χ1v) is 4.77. The molecule has 5 nitrogen and oxygen atoms in total. The lowest BCUT2D eigenvalue weighted by atomic mass is 10.4. The van der Waals surface area contributed by atoms with Gasteiger partial charge in [0.25, 0.3) is 0 Å². The second-order valence-corrected chi connectivity index (χ2v) is 3.38. The van der Waals surface area contributed by atoms with Crippen LogP contribution in [0.25, 0.3) is 0 Å². The highest BCUT2D eigenvalue weighted by molar-refractivity contribution is 5.39. The molecule has 15 heavy (non-hydrogen) atoms. The predicted molar refractivity (Wildman–Crippen MR) is 57.4 cm³/mol. The lowest BCUT2D eigenvalue weighted by Crippen LogP contribution is -2.05. The Morgan fingerprint density at radius 2 is 2.20 bits per heavy atom. The molecule has 78 valence electrons. The van der Waals surface area contributed by atoms with Gasteiger partial charge in [-0.25, -0.2) is 9.97 Å². The van der Waals surface area contributed by atoms with Crippen LogP contribution in [0, 0.1) is 13.8 Å². The molecule has 2 rings (SSSR count). The molecule has 2 aromatic heterocycles. The van der Waals surface area contributed by atoms with Gasteiger partial charge in [-0.2, -0.15) is 0 Å². The highest BCUT2D eigenvalue weighted by atomic mass is 15.0. The molecule has 0 bridgehead atoms. The molecule has 0 aliphatic heterocycles. The number of aromatic amines is 1. The summed E-state index contributed by atoms with van der Waals surface area (Å²) >= 11 is 0. The summed E-state index contributed by atoms with van der Waals surface area (Å²) in [6.07, 6.45) is 5.20. The van der Waals surface area contributed by atoms with Crippen LogP contribution in [0.3, 0.4) is 0 Å². The van der Waals surface area contributed by atoms with Crippen molar-refractivity contribution in [3.63, 3.8) is 0 Å². The van der Waals surface area contributed by atoms with Gasteiger partial charge >= 0.3 is 0 Å². The van der Waals surface area contributed by atoms with Gasteiger partial charge in [0.1, 0.15) is 5.82 Å². The summed E-state index contributed by atoms with van der Waals surface area (Å²) in [7, 11) is 0. The second-order valence-electron chi connectivity index (χ2n) is 3.38. The van der Waals surface area contributed by atoms with E-state index in [4.69, 9.17) is 0 Å². The van der Waals surface area contributed by atoms with Gasteiger partial charge in [-0.05, 0) is 13.8 Å². The van der Waals surface area contributed by atoms with Gasteiger partial charge in [0.15, 0.2) is 0 Å². The Morgan fingerprint density at radius 3 is 2.93 bits per heavy atom. The van der Waals surface area contributed by atoms with E-state index in [1.807, 2.05) is 13.8 Å². The average Bonchev–Trinajstić information content (AvgIpc) is 2.72. The van der Waals surface area contributed by atoms with Crippen LogP contribution in [0.1, 0.15) is 17.1 Å². The lowest BCUT2D eigenvalue weighted by molar-refractivity contribution is 0.999. The largest absolute Gasteiger partial charge is 0.363 e. The topological polar surface area (TPSA) is 66.5 Å². The number of aromatic nitrogens is 4. The maximum atomic E-state index is 4.36. The molecular weight excluding hydrogens is 190 g/mol. The molecule has 2 aromatic rings. The van der Waals surface area contributed by atoms with Crippen molar-refractivity contribution in [3.8, 4) is 0 Å². The molecule has 2 heterocycles. The number of rotatable bonds is 3. The van der Waals surface area contributed by atoms with Gasteiger partial charge in [-0.1, -0.05) is 0 Å². The van der Waals surface area contributed by atoms with E-state index < -0.39 is 0 Å². The quantitative estimate of drug-likeness (QED) is 0.791. The van der Waals surface area contributed by atoms with Gasteiger partial charge in [0.05, 0.1) is 30.0 Å². The van der Waals surface area contributed by atoms with E-state index in [0.29, 0.717) is 6.54 Å². The van der Waals surface area contributed by atoms with Gasteiger partial charge in [0.2, 0.25) is 0 Å². The van der Waals surface area contributed by atoms with E-state index in [9.17, 15) is 0 Å². The van der Waals surface area contributed by atoms with Crippen LogP contribution in [0.2, 0.25) is 0 Å². The minimum Gasteiger partial charge on any atom is -0.363 e. The summed E-state index contributed by atoms with van der Waals surface area (Å²) in [5.74, 6) is 0.824. The summed E-state index contributed by atoms with van der Waals surface area (Å²) < 4.78 is 0. The maximum Gasteiger partial charge on any atom is 0.148 e. The Morgan fingerprint density at radius 1 is 1.33 bits per heavy atom. The smallest absolute Gasteiger partial charge is 0.148 e. The van der Waals surface area contributed by atoms with Crippen LogP contribution in [-0.2, 0) is 6.54 Å². The second kappa shape index (κ2) is 4.08. The first-order chi connectivity index (χ1) is 7.25. The van der Waals surface area contributed by atoms with Crippen LogP contribution in [0.4, 0.5) is 5.82 Å². The highest BCUT2D eigenvalue weighted by Crippen LogP contribution is 2.09. The number of anilines is 1. The summed E-state index contributed by atoms with van der Waals surface area (Å²) in [6.45, 7) is 4.54. The van der Waals surface area contributed by atoms with Crippen molar-refractivity contribution in [3.05, 3.63) is 35.8 Å². The fourth-order valence-corrected chi connectivity index (χ4v) is 1.27. The van der Waals surface area contributed by atoms with Crippen molar-refractivity contribution in [1.29, 1.82) is 0 Å². The number of aryl methyl sites for hydroxylation is 2. The molecule has 0 aromatic carbocycles. The van der Waals surface area contributed by atoms with E-state index in [2.05, 4.69) is 25.3 Å². The maximum absolute atomic E-state index is 4.36. The number of hydrogen-bond acceptors (Lipinski definition) is 4. The van der Waals surface area contributed by atoms with E-state index in [0.717, 1.165) is 22.9 Å². The van der Waals surface area contributed by atoms with Crippen molar-refractivity contribution in [2.75, 3.05) is 5.32 Å². The van der Waals surface area contributed by atoms with E-state index in [-0.39, 0.29) is 0 Å². The zero-order valence-electron chi connectivity index (χ0n) is 8.78. The van der Waals surface area contributed by atoms with E-state index >= 15 is 0 Å². The number of nitrogens with zero attached hydrogens (tertiary/aromatic N) is 3. The number of hydrogen-bond donors (Lipinski definition) is 2. The number of imidazole rings is 1. The third-order valence-corrected chi connectivity index (χ3v) is 2.08. The van der Waals surface area contributed by atoms with Crippen LogP contribution in [0.15, 0.2) is 18.7 Å². The molecular formula is C10H13N5. The number of H-pyrrole nitrogens is 1. The third-order valence-electron chi connectivity index (χ3n) is 2.08. The van der Waals surface area contributed by atoms with Crippen LogP contribution >= 0.6 is 0 Å². The predicted octanol–water partition coefficient (Wildman–Crippen LogP) is 1.43. The molecule has 0 aliphatic carbocycles. The highest BCUT2D eigenvalue weighted by Gasteiger charge is 2.01. The minimum absolute atomic E-state index is 0.680. The van der Waals surface area contributed by atoms with Crippen LogP contribution in [-0.4, -0.2) is 19.9 Å². The molecule has 0 aliphatic rings. The van der Waals surface area contributed by atoms with Gasteiger partial charge in [-0.15, -0.1) is 0 Å². The van der Waals surface area contributed by atoms with Crippen molar-refractivity contribution in [2.45, 2.75) is 20.4 Å². The number of nitrogens with one attached hydrogen (secondary N) is 2. The van der Waals surface area contributed by atoms with Crippen molar-refractivity contribution >= 4 is 5.82 Å². The summed E-state index contributed by atoms with van der Waals surface area (Å²) in [5.41, 5.74) is 2.84. The normalized spacial score (nSPS) is 10.3. The Hall–Kier alpha value is -1.91. The zero-order valence-corrected chi connectivity index (χ0v) is 8.78. The molecule has 0 radical (unpaired) electrons. The SMILES string of the molecule is Cc1cnc(C)c(NCc2cnc[nH]2)n1. The fourth-order valence-electron chi connectivity index (χ4n) is 1.27. The first-order valence-electron chi connectivity index (χ1n) is 4.77.